The van der Waals surface area contributed by atoms with Gasteiger partial charge in [-0.25, -0.2) is 4.79 Å². The molecule has 1 aliphatic heterocycles. The minimum atomic E-state index is -0.644. The summed E-state index contributed by atoms with van der Waals surface area (Å²) in [6, 6.07) is 2.09. The smallest absolute Gasteiger partial charge is 0.640 e. The molecule has 128 valence electrons. The van der Waals surface area contributed by atoms with E-state index in [4.69, 9.17) is 0 Å². The molecule has 9 heteroatoms. The van der Waals surface area contributed by atoms with Crippen molar-refractivity contribution in [3.63, 3.8) is 0 Å². The Morgan fingerprint density at radius 3 is 2.44 bits per heavy atom. The molecule has 1 fully saturated rings. The molecule has 0 aliphatic carbocycles. The Hall–Kier alpha value is 0.110. The van der Waals surface area contributed by atoms with E-state index in [9.17, 15) is 9.59 Å². The van der Waals surface area contributed by atoms with Crippen LogP contribution in [0.15, 0.2) is 6.07 Å². The fourth-order valence-electron chi connectivity index (χ4n) is 2.32. The summed E-state index contributed by atoms with van der Waals surface area (Å²) in [5.41, 5.74) is 4.32. The van der Waals surface area contributed by atoms with Gasteiger partial charge in [0.1, 0.15) is 0 Å². The minimum absolute atomic E-state index is 0. The van der Waals surface area contributed by atoms with Crippen molar-refractivity contribution >= 4 is 23.0 Å². The average molecular weight is 677 g/mol. The molecule has 2 aromatic heterocycles. The Morgan fingerprint density at radius 2 is 2.00 bits per heavy atom. The molecule has 25 heavy (non-hydrogen) atoms. The predicted molar refractivity (Wildman–Crippen MR) is 81.4 cm³/mol. The molecule has 0 bridgehead atoms. The van der Waals surface area contributed by atoms with Crippen LogP contribution in [0.2, 0.25) is 0 Å². The molecule has 3 heterocycles. The second-order valence-corrected chi connectivity index (χ2v) is 4.97. The number of carbonyl (C=O) groups excluding carboxylic acids is 2. The molecular weight excluding hydrogens is 660 g/mol. The van der Waals surface area contributed by atoms with Crippen molar-refractivity contribution in [2.24, 2.45) is 0 Å². The summed E-state index contributed by atoms with van der Waals surface area (Å²) in [7, 11) is 3.85. The number of hydrogen-bond donors (Lipinski definition) is 0. The summed E-state index contributed by atoms with van der Waals surface area (Å²) in [5, 5.41) is 1.18. The molecule has 1 aliphatic rings. The molecule has 3 rings (SSSR count). The SMILES string of the molecule is [CH2-]C(=O)N1[CH-]COC1=O.[CH2-]n1[c-]c(C)c2c(C)cc(C)nc21.[U].[V+2].[Y]. The van der Waals surface area contributed by atoms with Crippen molar-refractivity contribution in [1.82, 2.24) is 14.5 Å². The van der Waals surface area contributed by atoms with Crippen LogP contribution in [-0.2, 0) is 60.8 Å². The first kappa shape index (κ1) is 27.3. The number of ether oxygens (including phenoxy) is 1. The van der Waals surface area contributed by atoms with Gasteiger partial charge in [0.15, 0.2) is 0 Å². The normalized spacial score (nSPS) is 12.1. The van der Waals surface area contributed by atoms with Gasteiger partial charge in [-0.3, -0.25) is 13.2 Å². The number of carbonyl (C=O) groups is 2. The fourth-order valence-corrected chi connectivity index (χ4v) is 2.32. The Balaban J connectivity index is 0. The van der Waals surface area contributed by atoms with Crippen molar-refractivity contribution in [3.8, 4) is 0 Å². The Morgan fingerprint density at radius 1 is 1.40 bits per heavy atom. The standard InChI is InChI=1S/C11H12N2.C5H5NO3.U.V.Y/c1-7-5-9(3)12-11-10(7)8(2)6-13(11)4;1-4(7)6-2-3-9-5(6)8;;;/h5H,4H2,1-3H3;2H,1,3H2;;;/q2*-2;;+2;. The van der Waals surface area contributed by atoms with Crippen LogP contribution in [0.1, 0.15) is 16.8 Å². The second kappa shape index (κ2) is 11.7. The summed E-state index contributed by atoms with van der Waals surface area (Å²) < 4.78 is 6.11. The molecule has 0 aromatic carbocycles. The zero-order chi connectivity index (χ0) is 16.4. The van der Waals surface area contributed by atoms with Gasteiger partial charge in [0.05, 0.1) is 5.91 Å². The molecule has 2 aromatic rings. The van der Waals surface area contributed by atoms with Crippen LogP contribution in [0.5, 0.6) is 0 Å². The monoisotopic (exact) mass is 677 g/mol. The number of nitrogens with zero attached hydrogens (tertiary/aromatic N) is 3. The van der Waals surface area contributed by atoms with Crippen molar-refractivity contribution in [1.29, 1.82) is 0 Å². The van der Waals surface area contributed by atoms with E-state index in [0.29, 0.717) is 0 Å². The van der Waals surface area contributed by atoms with Gasteiger partial charge >= 0.3 is 24.6 Å². The van der Waals surface area contributed by atoms with Gasteiger partial charge in [-0.1, -0.05) is 18.1 Å². The van der Waals surface area contributed by atoms with Crippen LogP contribution >= 0.6 is 0 Å². The van der Waals surface area contributed by atoms with Crippen LogP contribution in [0.3, 0.4) is 0 Å². The zero-order valence-electron chi connectivity index (χ0n) is 14.4. The largest absolute Gasteiger partial charge is 2.00 e. The zero-order valence-corrected chi connectivity index (χ0v) is 22.8. The van der Waals surface area contributed by atoms with E-state index in [2.05, 4.69) is 42.9 Å². The first-order valence-corrected chi connectivity index (χ1v) is 6.66. The van der Waals surface area contributed by atoms with Crippen LogP contribution < -0.4 is 0 Å². The Bertz CT molecular complexity index is 752. The van der Waals surface area contributed by atoms with Gasteiger partial charge < -0.3 is 30.9 Å². The maximum absolute atomic E-state index is 10.4. The topological polar surface area (TPSA) is 64.4 Å². The number of imide groups is 1. The van der Waals surface area contributed by atoms with E-state index >= 15 is 0 Å². The van der Waals surface area contributed by atoms with Gasteiger partial charge in [0, 0.05) is 69.5 Å². The van der Waals surface area contributed by atoms with Gasteiger partial charge in [0.2, 0.25) is 0 Å². The molecule has 0 unspecified atom stereocenters. The molecule has 0 spiro atoms. The first-order valence-electron chi connectivity index (χ1n) is 6.66. The van der Waals surface area contributed by atoms with E-state index in [0.717, 1.165) is 21.8 Å². The molecule has 1 saturated heterocycles. The van der Waals surface area contributed by atoms with Crippen LogP contribution in [0.4, 0.5) is 4.79 Å². The van der Waals surface area contributed by atoms with Crippen molar-refractivity contribution in [3.05, 3.63) is 49.6 Å². The third-order valence-corrected chi connectivity index (χ3v) is 3.19. The minimum Gasteiger partial charge on any atom is -0.640 e. The van der Waals surface area contributed by atoms with Crippen LogP contribution in [-0.4, -0.2) is 33.1 Å². The van der Waals surface area contributed by atoms with E-state index in [1.807, 2.05) is 13.8 Å². The molecule has 2 amide bonds. The third-order valence-electron chi connectivity index (χ3n) is 3.19. The molecule has 2 radical (unpaired) electrons. The summed E-state index contributed by atoms with van der Waals surface area (Å²) in [5.74, 6) is -0.558. The number of pyridine rings is 1. The number of fused-ring (bicyclic) bond motifs is 1. The van der Waals surface area contributed by atoms with Gasteiger partial charge in [-0.15, -0.1) is 5.39 Å². The maximum Gasteiger partial charge on any atom is 2.00 e. The quantitative estimate of drug-likeness (QED) is 0.403. The van der Waals surface area contributed by atoms with Crippen LogP contribution in [0.25, 0.3) is 11.0 Å². The summed E-state index contributed by atoms with van der Waals surface area (Å²) in [6.07, 6.45) is 2.48. The van der Waals surface area contributed by atoms with Crippen molar-refractivity contribution in [2.45, 2.75) is 20.8 Å². The number of aromatic nitrogens is 2. The van der Waals surface area contributed by atoms with Gasteiger partial charge in [-0.2, -0.15) is 12.1 Å². The first-order chi connectivity index (χ1) is 10.3. The summed E-state index contributed by atoms with van der Waals surface area (Å²) >= 11 is 0. The van der Waals surface area contributed by atoms with E-state index in [-0.39, 0.29) is 89.0 Å². The van der Waals surface area contributed by atoms with E-state index < -0.39 is 12.0 Å². The summed E-state index contributed by atoms with van der Waals surface area (Å²) in [6.45, 7) is 10.7. The Labute approximate surface area is 209 Å². The van der Waals surface area contributed by atoms with E-state index in [1.165, 1.54) is 17.5 Å². The molecule has 0 atom stereocenters. The van der Waals surface area contributed by atoms with E-state index in [1.54, 1.807) is 4.57 Å². The number of amides is 2. The maximum atomic E-state index is 10.4. The van der Waals surface area contributed by atoms with Gasteiger partial charge in [0.25, 0.3) is 0 Å². The molecule has 0 saturated carbocycles. The van der Waals surface area contributed by atoms with Crippen LogP contribution in [0, 0.1) is 78.6 Å². The number of rotatable bonds is 0. The summed E-state index contributed by atoms with van der Waals surface area (Å²) in [4.78, 5) is 26.0. The fraction of sp³-hybridized carbons (Fsp3) is 0.250. The molecule has 6 nitrogen and oxygen atoms in total. The van der Waals surface area contributed by atoms with Crippen molar-refractivity contribution < 1.29 is 96.7 Å². The molecule has 0 N–H and O–H groups in total. The molecular formula is C16H17N3O3UVY-2. The number of hydrogen-bond acceptors (Lipinski definition) is 4. The Kier molecular flexibility index (Phi) is 12.8. The number of cyclic esters (lactones) is 1. The predicted octanol–water partition coefficient (Wildman–Crippen LogP) is 2.36. The second-order valence-electron chi connectivity index (χ2n) is 4.97. The van der Waals surface area contributed by atoms with Gasteiger partial charge in [-0.05, 0) is 26.5 Å². The average Bonchev–Trinajstić information content (AvgIpc) is 2.95. The number of aryl methyl sites for hydroxylation is 3. The van der Waals surface area contributed by atoms with Crippen molar-refractivity contribution in [2.75, 3.05) is 6.61 Å². The third kappa shape index (κ3) is 6.65.